The molecule has 0 saturated carbocycles. The summed E-state index contributed by atoms with van der Waals surface area (Å²) in [7, 11) is 0. The molecule has 33 heavy (non-hydrogen) atoms. The van der Waals surface area contributed by atoms with Crippen LogP contribution in [0.15, 0.2) is 94.7 Å². The number of para-hydroxylation sites is 1. The molecule has 9 heteroatoms. The molecule has 2 aromatic heterocycles. The second-order valence-corrected chi connectivity index (χ2v) is 8.23. The summed E-state index contributed by atoms with van der Waals surface area (Å²) in [5.41, 5.74) is 2.38. The van der Waals surface area contributed by atoms with Crippen LogP contribution in [0.25, 0.3) is 16.7 Å². The van der Waals surface area contributed by atoms with Gasteiger partial charge in [-0.25, -0.2) is 9.07 Å². The summed E-state index contributed by atoms with van der Waals surface area (Å²) in [6, 6.07) is 25.1. The molecule has 0 aliphatic heterocycles. The lowest BCUT2D eigenvalue weighted by molar-refractivity contribution is 0.628. The monoisotopic (exact) mass is 458 g/mol. The summed E-state index contributed by atoms with van der Waals surface area (Å²) < 4.78 is 15.9. The van der Waals surface area contributed by atoms with Crippen LogP contribution in [0.3, 0.4) is 0 Å². The minimum atomic E-state index is -0.428. The van der Waals surface area contributed by atoms with Crippen LogP contribution in [-0.4, -0.2) is 19.4 Å². The SMILES string of the molecule is Nn1c(Nc2ccc(F)cc2)nc2c(c(SCc3ccccc3)nn2-c2ccccc2)c1=O. The van der Waals surface area contributed by atoms with Gasteiger partial charge in [-0.2, -0.15) is 14.8 Å². The number of fused-ring (bicyclic) bond motifs is 1. The lowest BCUT2D eigenvalue weighted by Crippen LogP contribution is -2.30. The van der Waals surface area contributed by atoms with Crippen molar-refractivity contribution in [3.63, 3.8) is 0 Å². The van der Waals surface area contributed by atoms with Crippen LogP contribution in [0, 0.1) is 5.82 Å². The summed E-state index contributed by atoms with van der Waals surface area (Å²) in [6.45, 7) is 0. The molecule has 7 nitrogen and oxygen atoms in total. The molecule has 2 heterocycles. The van der Waals surface area contributed by atoms with E-state index in [0.29, 0.717) is 27.5 Å². The third-order valence-electron chi connectivity index (χ3n) is 5.02. The first kappa shape index (κ1) is 20.8. The third-order valence-corrected chi connectivity index (χ3v) is 6.06. The van der Waals surface area contributed by atoms with Gasteiger partial charge < -0.3 is 11.2 Å². The first-order valence-electron chi connectivity index (χ1n) is 10.2. The summed E-state index contributed by atoms with van der Waals surface area (Å²) in [4.78, 5) is 17.9. The number of aromatic nitrogens is 4. The highest BCUT2D eigenvalue weighted by atomic mass is 32.2. The largest absolute Gasteiger partial charge is 0.333 e. The number of rotatable bonds is 6. The Bertz CT molecular complexity index is 1470. The molecule has 0 spiro atoms. The van der Waals surface area contributed by atoms with Gasteiger partial charge in [0.05, 0.1) is 5.69 Å². The van der Waals surface area contributed by atoms with Crippen molar-refractivity contribution in [1.82, 2.24) is 19.4 Å². The van der Waals surface area contributed by atoms with E-state index in [4.69, 9.17) is 10.9 Å². The van der Waals surface area contributed by atoms with Gasteiger partial charge in [0, 0.05) is 11.4 Å². The average molecular weight is 459 g/mol. The highest BCUT2D eigenvalue weighted by Crippen LogP contribution is 2.29. The highest BCUT2D eigenvalue weighted by molar-refractivity contribution is 7.98. The predicted molar refractivity (Wildman–Crippen MR) is 129 cm³/mol. The van der Waals surface area contributed by atoms with Crippen molar-refractivity contribution in [2.24, 2.45) is 0 Å². The Balaban J connectivity index is 1.63. The number of anilines is 2. The molecule has 0 aliphatic rings. The third kappa shape index (κ3) is 4.18. The maximum absolute atomic E-state index is 13.3. The predicted octanol–water partition coefficient (Wildman–Crippen LogP) is 4.47. The topological polar surface area (TPSA) is 90.8 Å². The first-order chi connectivity index (χ1) is 16.1. The van der Waals surface area contributed by atoms with E-state index >= 15 is 0 Å². The van der Waals surface area contributed by atoms with E-state index in [1.807, 2.05) is 60.7 Å². The first-order valence-corrected chi connectivity index (χ1v) is 11.1. The molecular weight excluding hydrogens is 439 g/mol. The molecular formula is C24H19FN6OS. The summed E-state index contributed by atoms with van der Waals surface area (Å²) >= 11 is 1.45. The molecule has 5 aromatic rings. The fourth-order valence-corrected chi connectivity index (χ4v) is 4.34. The molecule has 0 saturated heterocycles. The normalized spacial score (nSPS) is 11.1. The number of hydrogen-bond acceptors (Lipinski definition) is 6. The minimum absolute atomic E-state index is 0.121. The van der Waals surface area contributed by atoms with Gasteiger partial charge in [-0.1, -0.05) is 60.3 Å². The van der Waals surface area contributed by atoms with Gasteiger partial charge in [-0.15, -0.1) is 0 Å². The molecule has 3 N–H and O–H groups in total. The van der Waals surface area contributed by atoms with E-state index in [2.05, 4.69) is 10.3 Å². The lowest BCUT2D eigenvalue weighted by Gasteiger charge is -2.10. The Kier molecular flexibility index (Phi) is 5.54. The Morgan fingerprint density at radius 3 is 2.30 bits per heavy atom. The quantitative estimate of drug-likeness (QED) is 0.288. The molecule has 3 aromatic carbocycles. The van der Waals surface area contributed by atoms with E-state index in [1.54, 1.807) is 16.8 Å². The fraction of sp³-hybridized carbons (Fsp3) is 0.0417. The van der Waals surface area contributed by atoms with Crippen molar-refractivity contribution in [3.05, 3.63) is 107 Å². The number of nitrogens with one attached hydrogen (secondary N) is 1. The zero-order valence-electron chi connectivity index (χ0n) is 17.4. The van der Waals surface area contributed by atoms with Crippen molar-refractivity contribution in [2.45, 2.75) is 10.8 Å². The molecule has 0 atom stereocenters. The number of thioether (sulfide) groups is 1. The van der Waals surface area contributed by atoms with Gasteiger partial charge in [0.15, 0.2) is 5.65 Å². The smallest absolute Gasteiger partial charge is 0.285 e. The number of nitrogens with zero attached hydrogens (tertiary/aromatic N) is 4. The van der Waals surface area contributed by atoms with E-state index < -0.39 is 5.56 Å². The van der Waals surface area contributed by atoms with E-state index in [-0.39, 0.29) is 11.8 Å². The zero-order chi connectivity index (χ0) is 22.8. The van der Waals surface area contributed by atoms with Crippen molar-refractivity contribution >= 4 is 34.4 Å². The van der Waals surface area contributed by atoms with Gasteiger partial charge in [0.25, 0.3) is 5.56 Å². The van der Waals surface area contributed by atoms with Crippen molar-refractivity contribution in [1.29, 1.82) is 0 Å². The molecule has 0 unspecified atom stereocenters. The molecule has 164 valence electrons. The Hall–Kier alpha value is -4.11. The zero-order valence-corrected chi connectivity index (χ0v) is 18.2. The summed E-state index contributed by atoms with van der Waals surface area (Å²) in [5.74, 6) is 6.51. The van der Waals surface area contributed by atoms with Crippen molar-refractivity contribution < 1.29 is 4.39 Å². The van der Waals surface area contributed by atoms with Gasteiger partial charge in [-0.05, 0) is 42.0 Å². The standard InChI is InChI=1S/C24H19FN6OS/c25-17-11-13-18(14-12-17)27-24-28-21-20(23(32)30(24)26)22(33-15-16-7-3-1-4-8-16)29-31(21)19-9-5-2-6-10-19/h1-14H,15,26H2,(H,27,28). The lowest BCUT2D eigenvalue weighted by atomic mass is 10.2. The van der Waals surface area contributed by atoms with Crippen LogP contribution in [0.5, 0.6) is 0 Å². The van der Waals surface area contributed by atoms with E-state index in [1.165, 1.54) is 23.9 Å². The second kappa shape index (κ2) is 8.79. The molecule has 0 fully saturated rings. The van der Waals surface area contributed by atoms with Crippen LogP contribution in [0.4, 0.5) is 16.0 Å². The van der Waals surface area contributed by atoms with E-state index in [0.717, 1.165) is 15.9 Å². The number of hydrogen-bond donors (Lipinski definition) is 2. The van der Waals surface area contributed by atoms with E-state index in [9.17, 15) is 9.18 Å². The molecule has 0 radical (unpaired) electrons. The van der Waals surface area contributed by atoms with Gasteiger partial charge in [0.2, 0.25) is 5.95 Å². The van der Waals surface area contributed by atoms with Gasteiger partial charge >= 0.3 is 0 Å². The molecule has 0 bridgehead atoms. The Morgan fingerprint density at radius 1 is 0.939 bits per heavy atom. The number of nitrogen functional groups attached to an aromatic ring is 1. The van der Waals surface area contributed by atoms with Crippen LogP contribution >= 0.6 is 11.8 Å². The van der Waals surface area contributed by atoms with Crippen LogP contribution in [0.2, 0.25) is 0 Å². The summed E-state index contributed by atoms with van der Waals surface area (Å²) in [5, 5.41) is 8.58. The number of benzene rings is 3. The Morgan fingerprint density at radius 2 is 1.61 bits per heavy atom. The van der Waals surface area contributed by atoms with Crippen LogP contribution < -0.4 is 16.7 Å². The average Bonchev–Trinajstić information content (AvgIpc) is 3.22. The maximum atomic E-state index is 13.3. The molecule has 5 rings (SSSR count). The highest BCUT2D eigenvalue weighted by Gasteiger charge is 2.21. The van der Waals surface area contributed by atoms with Gasteiger partial charge in [0.1, 0.15) is 16.2 Å². The summed E-state index contributed by atoms with van der Waals surface area (Å²) in [6.07, 6.45) is 0. The minimum Gasteiger partial charge on any atom is -0.333 e. The van der Waals surface area contributed by atoms with Gasteiger partial charge in [-0.3, -0.25) is 4.79 Å². The second-order valence-electron chi connectivity index (χ2n) is 7.27. The molecule has 0 aliphatic carbocycles. The van der Waals surface area contributed by atoms with Crippen LogP contribution in [0.1, 0.15) is 5.56 Å². The number of nitrogens with two attached hydrogens (primary N) is 1. The maximum Gasteiger partial charge on any atom is 0.285 e. The van der Waals surface area contributed by atoms with Crippen molar-refractivity contribution in [2.75, 3.05) is 11.2 Å². The fourth-order valence-electron chi connectivity index (χ4n) is 3.38. The van der Waals surface area contributed by atoms with Crippen LogP contribution in [-0.2, 0) is 5.75 Å². The number of halogens is 1. The molecule has 0 amide bonds. The Labute approximate surface area is 192 Å². The van der Waals surface area contributed by atoms with Crippen molar-refractivity contribution in [3.8, 4) is 5.69 Å².